The molecular weight excluding hydrogens is 272 g/mol. The van der Waals surface area contributed by atoms with Gasteiger partial charge in [0, 0.05) is 12.6 Å². The quantitative estimate of drug-likeness (QED) is 0.812. The van der Waals surface area contributed by atoms with E-state index >= 15 is 0 Å². The topological polar surface area (TPSA) is 58.2 Å². The molecule has 0 aromatic heterocycles. The fourth-order valence-corrected chi connectivity index (χ4v) is 3.50. The van der Waals surface area contributed by atoms with Crippen molar-refractivity contribution in [3.63, 3.8) is 0 Å². The fraction of sp³-hybridized carbons (Fsp3) is 0.600. The minimum atomic E-state index is -3.40. The number of sulfonamides is 1. The highest BCUT2D eigenvalue weighted by Gasteiger charge is 2.38. The van der Waals surface area contributed by atoms with Crippen LogP contribution in [0.4, 0.5) is 0 Å². The van der Waals surface area contributed by atoms with Crippen LogP contribution in [0.1, 0.15) is 44.7 Å². The molecule has 2 rings (SSSR count). The maximum atomic E-state index is 12.3. The average Bonchev–Trinajstić information content (AvgIpc) is 3.17. The van der Waals surface area contributed by atoms with E-state index in [2.05, 4.69) is 23.9 Å². The number of nitrogens with one attached hydrogen (secondary N) is 2. The maximum absolute atomic E-state index is 12.3. The molecule has 1 aliphatic rings. The molecule has 1 fully saturated rings. The summed E-state index contributed by atoms with van der Waals surface area (Å²) in [6.45, 7) is 4.72. The Bertz CT molecular complexity index is 561. The standard InChI is InChI=1S/C15H24N2O2S/c1-4-14(16-3)12-6-5-7-13(10-12)20(18,19)17-11-15(2)8-9-15/h5-7,10,14,16-17H,4,8-9,11H2,1-3H3. The fourth-order valence-electron chi connectivity index (χ4n) is 2.25. The molecule has 0 heterocycles. The lowest BCUT2D eigenvalue weighted by Gasteiger charge is -2.16. The Hall–Kier alpha value is -0.910. The lowest BCUT2D eigenvalue weighted by molar-refractivity contribution is 0.530. The van der Waals surface area contributed by atoms with E-state index < -0.39 is 10.0 Å². The molecule has 4 nitrogen and oxygen atoms in total. The monoisotopic (exact) mass is 296 g/mol. The summed E-state index contributed by atoms with van der Waals surface area (Å²) in [5.41, 5.74) is 1.18. The van der Waals surface area contributed by atoms with Crippen LogP contribution < -0.4 is 10.0 Å². The van der Waals surface area contributed by atoms with Gasteiger partial charge in [0.1, 0.15) is 0 Å². The summed E-state index contributed by atoms with van der Waals surface area (Å²) in [7, 11) is -1.51. The third kappa shape index (κ3) is 3.59. The zero-order valence-corrected chi connectivity index (χ0v) is 13.3. The number of hydrogen-bond acceptors (Lipinski definition) is 3. The van der Waals surface area contributed by atoms with Crippen LogP contribution in [-0.2, 0) is 10.0 Å². The molecule has 0 saturated heterocycles. The normalized spacial score (nSPS) is 18.8. The zero-order valence-electron chi connectivity index (χ0n) is 12.4. The van der Waals surface area contributed by atoms with Crippen LogP contribution in [0, 0.1) is 5.41 Å². The summed E-state index contributed by atoms with van der Waals surface area (Å²) in [5.74, 6) is 0. The van der Waals surface area contributed by atoms with Gasteiger partial charge in [-0.05, 0) is 49.4 Å². The summed E-state index contributed by atoms with van der Waals surface area (Å²) in [4.78, 5) is 0.355. The van der Waals surface area contributed by atoms with Crippen LogP contribution in [0.15, 0.2) is 29.2 Å². The molecule has 0 radical (unpaired) electrons. The Morgan fingerprint density at radius 3 is 2.60 bits per heavy atom. The van der Waals surface area contributed by atoms with Crippen molar-refractivity contribution in [1.29, 1.82) is 0 Å². The van der Waals surface area contributed by atoms with Crippen LogP contribution >= 0.6 is 0 Å². The molecule has 20 heavy (non-hydrogen) atoms. The van der Waals surface area contributed by atoms with E-state index in [-0.39, 0.29) is 11.5 Å². The summed E-state index contributed by atoms with van der Waals surface area (Å²) >= 11 is 0. The first-order valence-electron chi connectivity index (χ1n) is 7.17. The zero-order chi connectivity index (χ0) is 14.8. The molecule has 0 spiro atoms. The van der Waals surface area contributed by atoms with Gasteiger partial charge in [0.2, 0.25) is 10.0 Å². The van der Waals surface area contributed by atoms with Crippen LogP contribution in [0.2, 0.25) is 0 Å². The van der Waals surface area contributed by atoms with E-state index in [1.807, 2.05) is 19.2 Å². The molecule has 5 heteroatoms. The lowest BCUT2D eigenvalue weighted by atomic mass is 10.1. The predicted molar refractivity (Wildman–Crippen MR) is 81.1 cm³/mol. The smallest absolute Gasteiger partial charge is 0.240 e. The van der Waals surface area contributed by atoms with Crippen molar-refractivity contribution in [2.75, 3.05) is 13.6 Å². The van der Waals surface area contributed by atoms with E-state index in [0.29, 0.717) is 11.4 Å². The van der Waals surface area contributed by atoms with Crippen molar-refractivity contribution >= 4 is 10.0 Å². The molecule has 0 bridgehead atoms. The van der Waals surface area contributed by atoms with Crippen LogP contribution in [0.5, 0.6) is 0 Å². The van der Waals surface area contributed by atoms with Crippen LogP contribution in [0.25, 0.3) is 0 Å². The maximum Gasteiger partial charge on any atom is 0.240 e. The van der Waals surface area contributed by atoms with Crippen molar-refractivity contribution in [3.8, 4) is 0 Å². The van der Waals surface area contributed by atoms with Crippen molar-refractivity contribution < 1.29 is 8.42 Å². The second kappa shape index (κ2) is 5.84. The van der Waals surface area contributed by atoms with Gasteiger partial charge < -0.3 is 5.32 Å². The van der Waals surface area contributed by atoms with E-state index in [1.54, 1.807) is 12.1 Å². The van der Waals surface area contributed by atoms with Gasteiger partial charge in [0.25, 0.3) is 0 Å². The molecule has 0 amide bonds. The highest BCUT2D eigenvalue weighted by Crippen LogP contribution is 2.44. The minimum absolute atomic E-state index is 0.168. The van der Waals surface area contributed by atoms with Gasteiger partial charge in [-0.25, -0.2) is 13.1 Å². The van der Waals surface area contributed by atoms with Gasteiger partial charge in [-0.1, -0.05) is 26.0 Å². The Balaban J connectivity index is 2.16. The van der Waals surface area contributed by atoms with E-state index in [0.717, 1.165) is 24.8 Å². The molecule has 1 atom stereocenters. The molecule has 1 aromatic carbocycles. The van der Waals surface area contributed by atoms with Gasteiger partial charge in [0.15, 0.2) is 0 Å². The highest BCUT2D eigenvalue weighted by atomic mass is 32.2. The van der Waals surface area contributed by atoms with E-state index in [9.17, 15) is 8.42 Å². The van der Waals surface area contributed by atoms with Gasteiger partial charge >= 0.3 is 0 Å². The highest BCUT2D eigenvalue weighted by molar-refractivity contribution is 7.89. The number of rotatable bonds is 7. The first-order chi connectivity index (χ1) is 9.40. The average molecular weight is 296 g/mol. The Labute approximate surface area is 122 Å². The van der Waals surface area contributed by atoms with Crippen LogP contribution in [0.3, 0.4) is 0 Å². The molecule has 1 saturated carbocycles. The van der Waals surface area contributed by atoms with E-state index in [4.69, 9.17) is 0 Å². The number of benzene rings is 1. The first-order valence-corrected chi connectivity index (χ1v) is 8.65. The van der Waals surface area contributed by atoms with Crippen molar-refractivity contribution in [3.05, 3.63) is 29.8 Å². The molecule has 1 aliphatic carbocycles. The number of hydrogen-bond donors (Lipinski definition) is 2. The van der Waals surface area contributed by atoms with Gasteiger partial charge in [0.05, 0.1) is 4.90 Å². The third-order valence-electron chi connectivity index (χ3n) is 4.12. The lowest BCUT2D eigenvalue weighted by Crippen LogP contribution is -2.29. The van der Waals surface area contributed by atoms with Crippen molar-refractivity contribution in [2.45, 2.75) is 44.0 Å². The molecule has 0 aliphatic heterocycles. The minimum Gasteiger partial charge on any atom is -0.313 e. The largest absolute Gasteiger partial charge is 0.313 e. The van der Waals surface area contributed by atoms with Crippen molar-refractivity contribution in [1.82, 2.24) is 10.0 Å². The summed E-state index contributed by atoms with van der Waals surface area (Å²) in [6.07, 6.45) is 3.13. The predicted octanol–water partition coefficient (Wildman–Crippen LogP) is 2.44. The molecule has 1 unspecified atom stereocenters. The van der Waals surface area contributed by atoms with E-state index in [1.165, 1.54) is 0 Å². The Morgan fingerprint density at radius 2 is 2.05 bits per heavy atom. The molecule has 1 aromatic rings. The van der Waals surface area contributed by atoms with Crippen LogP contribution in [-0.4, -0.2) is 22.0 Å². The third-order valence-corrected chi connectivity index (χ3v) is 5.52. The summed E-state index contributed by atoms with van der Waals surface area (Å²) < 4.78 is 27.4. The Kier molecular flexibility index (Phi) is 4.52. The first kappa shape index (κ1) is 15.5. The van der Waals surface area contributed by atoms with Gasteiger partial charge in [-0.2, -0.15) is 0 Å². The van der Waals surface area contributed by atoms with Gasteiger partial charge in [-0.3, -0.25) is 0 Å². The molecule has 2 N–H and O–H groups in total. The molecule has 112 valence electrons. The SMILES string of the molecule is CCC(NC)c1cccc(S(=O)(=O)NCC2(C)CC2)c1. The Morgan fingerprint density at radius 1 is 1.35 bits per heavy atom. The second-order valence-electron chi connectivity index (χ2n) is 5.96. The molecular formula is C15H24N2O2S. The second-order valence-corrected chi connectivity index (χ2v) is 7.72. The van der Waals surface area contributed by atoms with Crippen molar-refractivity contribution in [2.24, 2.45) is 5.41 Å². The van der Waals surface area contributed by atoms with Gasteiger partial charge in [-0.15, -0.1) is 0 Å². The summed E-state index contributed by atoms with van der Waals surface area (Å²) in [6, 6.07) is 7.38. The summed E-state index contributed by atoms with van der Waals surface area (Å²) in [5, 5.41) is 3.20.